The number of carbonyl (C=O) groups is 1. The average Bonchev–Trinajstić information content (AvgIpc) is 2.61. The van der Waals surface area contributed by atoms with E-state index in [4.69, 9.17) is 23.1 Å². The topological polar surface area (TPSA) is 107 Å². The number of benzene rings is 2. The third-order valence-electron chi connectivity index (χ3n) is 4.09. The first kappa shape index (κ1) is 17.1. The molecular formula is C18H18ClN5O. The summed E-state index contributed by atoms with van der Waals surface area (Å²) in [5, 5.41) is 4.68. The minimum Gasteiger partial charge on any atom is -0.366 e. The number of amides is 1. The lowest BCUT2D eigenvalue weighted by Crippen LogP contribution is -2.22. The summed E-state index contributed by atoms with van der Waals surface area (Å²) in [6.45, 7) is 2.35. The first-order chi connectivity index (χ1) is 12.0. The maximum absolute atomic E-state index is 11.6. The van der Waals surface area contributed by atoms with Crippen molar-refractivity contribution in [2.24, 2.45) is 11.5 Å². The lowest BCUT2D eigenvalue weighted by molar-refractivity contribution is 0.100. The minimum absolute atomic E-state index is 0.186. The van der Waals surface area contributed by atoms with E-state index >= 15 is 0 Å². The van der Waals surface area contributed by atoms with Gasteiger partial charge in [-0.3, -0.25) is 4.79 Å². The standard InChI is InChI=1S/C18H18ClN5O/c1-10-5-6-11(19)7-14(10)15(8-20)24-18-13-4-2-3-12(17(21)25)16(13)22-9-23-18/h2-7,9,15H,8,20H2,1H3,(H2,21,25)(H,22,23,24). The number of anilines is 1. The van der Waals surface area contributed by atoms with Gasteiger partial charge in [-0.2, -0.15) is 0 Å². The van der Waals surface area contributed by atoms with Crippen molar-refractivity contribution in [2.75, 3.05) is 11.9 Å². The van der Waals surface area contributed by atoms with Gasteiger partial charge >= 0.3 is 0 Å². The van der Waals surface area contributed by atoms with E-state index < -0.39 is 5.91 Å². The average molecular weight is 356 g/mol. The van der Waals surface area contributed by atoms with Crippen LogP contribution in [-0.2, 0) is 0 Å². The van der Waals surface area contributed by atoms with E-state index in [1.807, 2.05) is 31.2 Å². The Bertz CT molecular complexity index is 944. The zero-order valence-electron chi connectivity index (χ0n) is 13.7. The summed E-state index contributed by atoms with van der Waals surface area (Å²) in [6.07, 6.45) is 1.40. The zero-order chi connectivity index (χ0) is 18.0. The molecule has 1 aromatic heterocycles. The lowest BCUT2D eigenvalue weighted by atomic mass is 10.0. The summed E-state index contributed by atoms with van der Waals surface area (Å²) in [5.41, 5.74) is 14.3. The van der Waals surface area contributed by atoms with E-state index in [0.717, 1.165) is 11.1 Å². The normalized spacial score (nSPS) is 12.1. The molecule has 6 nitrogen and oxygen atoms in total. The van der Waals surface area contributed by atoms with E-state index in [9.17, 15) is 4.79 Å². The van der Waals surface area contributed by atoms with Gasteiger partial charge in [-0.1, -0.05) is 23.7 Å². The van der Waals surface area contributed by atoms with E-state index in [2.05, 4.69) is 15.3 Å². The summed E-state index contributed by atoms with van der Waals surface area (Å²) in [6, 6.07) is 10.7. The lowest BCUT2D eigenvalue weighted by Gasteiger charge is -2.21. The first-order valence-electron chi connectivity index (χ1n) is 7.77. The number of para-hydroxylation sites is 1. The number of nitrogens with two attached hydrogens (primary N) is 2. The van der Waals surface area contributed by atoms with Crippen LogP contribution in [0.4, 0.5) is 5.82 Å². The fourth-order valence-corrected chi connectivity index (χ4v) is 3.00. The number of primary amides is 1. The molecule has 1 atom stereocenters. The fraction of sp³-hybridized carbons (Fsp3) is 0.167. The minimum atomic E-state index is -0.531. The molecule has 0 fully saturated rings. The van der Waals surface area contributed by atoms with Gasteiger partial charge in [0.25, 0.3) is 5.91 Å². The van der Waals surface area contributed by atoms with Crippen LogP contribution in [0.3, 0.4) is 0 Å². The van der Waals surface area contributed by atoms with E-state index in [0.29, 0.717) is 33.9 Å². The molecule has 0 aliphatic heterocycles. The van der Waals surface area contributed by atoms with Crippen molar-refractivity contribution in [1.82, 2.24) is 9.97 Å². The Hall–Kier alpha value is -2.70. The third kappa shape index (κ3) is 3.40. The Morgan fingerprint density at radius 3 is 2.80 bits per heavy atom. The maximum Gasteiger partial charge on any atom is 0.250 e. The van der Waals surface area contributed by atoms with E-state index in [-0.39, 0.29) is 6.04 Å². The van der Waals surface area contributed by atoms with Gasteiger partial charge in [0.1, 0.15) is 12.1 Å². The SMILES string of the molecule is Cc1ccc(Cl)cc1C(CN)Nc1ncnc2c(C(N)=O)cccc12. The van der Waals surface area contributed by atoms with Gasteiger partial charge in [-0.25, -0.2) is 9.97 Å². The van der Waals surface area contributed by atoms with Crippen LogP contribution in [0.25, 0.3) is 10.9 Å². The summed E-state index contributed by atoms with van der Waals surface area (Å²) in [4.78, 5) is 20.1. The predicted molar refractivity (Wildman–Crippen MR) is 99.7 cm³/mol. The molecule has 3 rings (SSSR count). The second-order valence-corrected chi connectivity index (χ2v) is 6.16. The Balaban J connectivity index is 2.06. The molecule has 128 valence electrons. The molecule has 7 heteroatoms. The Kier molecular flexibility index (Phi) is 4.83. The third-order valence-corrected chi connectivity index (χ3v) is 4.33. The molecule has 0 saturated heterocycles. The van der Waals surface area contributed by atoms with Gasteiger partial charge in [-0.15, -0.1) is 0 Å². The van der Waals surface area contributed by atoms with Gasteiger partial charge in [0.05, 0.1) is 17.1 Å². The van der Waals surface area contributed by atoms with Gasteiger partial charge in [0.15, 0.2) is 0 Å². The maximum atomic E-state index is 11.6. The fourth-order valence-electron chi connectivity index (χ4n) is 2.82. The number of carbonyl (C=O) groups excluding carboxylic acids is 1. The van der Waals surface area contributed by atoms with Gasteiger partial charge in [0, 0.05) is 17.0 Å². The molecule has 5 N–H and O–H groups in total. The highest BCUT2D eigenvalue weighted by Gasteiger charge is 2.16. The molecule has 2 aromatic carbocycles. The number of nitrogens with one attached hydrogen (secondary N) is 1. The van der Waals surface area contributed by atoms with Crippen LogP contribution in [0, 0.1) is 6.92 Å². The molecule has 0 spiro atoms. The molecular weight excluding hydrogens is 338 g/mol. The van der Waals surface area contributed by atoms with Crippen LogP contribution in [0.1, 0.15) is 27.5 Å². The van der Waals surface area contributed by atoms with Crippen molar-refractivity contribution in [1.29, 1.82) is 0 Å². The quantitative estimate of drug-likeness (QED) is 0.652. The number of aromatic nitrogens is 2. The Morgan fingerprint density at radius 2 is 2.08 bits per heavy atom. The molecule has 0 bridgehead atoms. The van der Waals surface area contributed by atoms with Crippen molar-refractivity contribution in [3.63, 3.8) is 0 Å². The Labute approximate surface area is 150 Å². The summed E-state index contributed by atoms with van der Waals surface area (Å²) < 4.78 is 0. The smallest absolute Gasteiger partial charge is 0.250 e. The number of rotatable bonds is 5. The summed E-state index contributed by atoms with van der Waals surface area (Å²) in [7, 11) is 0. The van der Waals surface area contributed by atoms with Crippen LogP contribution in [0.15, 0.2) is 42.7 Å². The second kappa shape index (κ2) is 7.04. The molecule has 0 saturated carbocycles. The van der Waals surface area contributed by atoms with E-state index in [1.54, 1.807) is 12.1 Å². The molecule has 3 aromatic rings. The zero-order valence-corrected chi connectivity index (χ0v) is 14.4. The number of aryl methyl sites for hydroxylation is 1. The van der Waals surface area contributed by atoms with Crippen molar-refractivity contribution >= 4 is 34.2 Å². The van der Waals surface area contributed by atoms with Crippen LogP contribution >= 0.6 is 11.6 Å². The van der Waals surface area contributed by atoms with Crippen LogP contribution < -0.4 is 16.8 Å². The van der Waals surface area contributed by atoms with Gasteiger partial charge in [-0.05, 0) is 42.3 Å². The number of nitrogens with zero attached hydrogens (tertiary/aromatic N) is 2. The molecule has 1 heterocycles. The second-order valence-electron chi connectivity index (χ2n) is 5.72. The van der Waals surface area contributed by atoms with Crippen LogP contribution in [0.5, 0.6) is 0 Å². The number of hydrogen-bond donors (Lipinski definition) is 3. The molecule has 1 amide bonds. The van der Waals surface area contributed by atoms with Gasteiger partial charge < -0.3 is 16.8 Å². The highest BCUT2D eigenvalue weighted by atomic mass is 35.5. The van der Waals surface area contributed by atoms with Crippen molar-refractivity contribution in [2.45, 2.75) is 13.0 Å². The number of fused-ring (bicyclic) bond motifs is 1. The van der Waals surface area contributed by atoms with Crippen LogP contribution in [0.2, 0.25) is 5.02 Å². The van der Waals surface area contributed by atoms with Crippen molar-refractivity contribution in [3.8, 4) is 0 Å². The Morgan fingerprint density at radius 1 is 1.28 bits per heavy atom. The van der Waals surface area contributed by atoms with E-state index in [1.165, 1.54) is 6.33 Å². The highest BCUT2D eigenvalue weighted by molar-refractivity contribution is 6.30. The molecule has 1 unspecified atom stereocenters. The summed E-state index contributed by atoms with van der Waals surface area (Å²) >= 11 is 6.13. The van der Waals surface area contributed by atoms with Crippen molar-refractivity contribution in [3.05, 3.63) is 64.4 Å². The highest BCUT2D eigenvalue weighted by Crippen LogP contribution is 2.28. The summed E-state index contributed by atoms with van der Waals surface area (Å²) in [5.74, 6) is 0.0548. The largest absolute Gasteiger partial charge is 0.366 e. The molecule has 0 radical (unpaired) electrons. The molecule has 0 aliphatic carbocycles. The number of hydrogen-bond acceptors (Lipinski definition) is 5. The van der Waals surface area contributed by atoms with Crippen molar-refractivity contribution < 1.29 is 4.79 Å². The van der Waals surface area contributed by atoms with Crippen LogP contribution in [-0.4, -0.2) is 22.4 Å². The first-order valence-corrected chi connectivity index (χ1v) is 8.15. The molecule has 0 aliphatic rings. The monoisotopic (exact) mass is 355 g/mol. The number of halogens is 1. The molecule has 25 heavy (non-hydrogen) atoms. The predicted octanol–water partition coefficient (Wildman–Crippen LogP) is 2.80. The van der Waals surface area contributed by atoms with Gasteiger partial charge in [0.2, 0.25) is 0 Å².